The van der Waals surface area contributed by atoms with Crippen molar-refractivity contribution >= 4 is 12.2 Å². The molecule has 25 heavy (non-hydrogen) atoms. The van der Waals surface area contributed by atoms with Crippen molar-refractivity contribution < 1.29 is 5.11 Å². The first kappa shape index (κ1) is 19.2. The SMILES string of the molecule is CCCCCCCC(O)c1ccc(/C=C/C=C/c2ccccc2)cc1. The molecule has 2 aromatic carbocycles. The van der Waals surface area contributed by atoms with Gasteiger partial charge in [-0.1, -0.05) is 118 Å². The van der Waals surface area contributed by atoms with Gasteiger partial charge >= 0.3 is 0 Å². The number of rotatable bonds is 10. The van der Waals surface area contributed by atoms with E-state index in [0.717, 1.165) is 24.0 Å². The minimum atomic E-state index is -0.336. The van der Waals surface area contributed by atoms with E-state index in [2.05, 4.69) is 43.3 Å². The summed E-state index contributed by atoms with van der Waals surface area (Å²) in [4.78, 5) is 0. The van der Waals surface area contributed by atoms with Gasteiger partial charge < -0.3 is 5.11 Å². The van der Waals surface area contributed by atoms with Gasteiger partial charge in [0, 0.05) is 0 Å². The molecule has 0 heterocycles. The fourth-order valence-electron chi connectivity index (χ4n) is 2.83. The molecule has 1 atom stereocenters. The van der Waals surface area contributed by atoms with Crippen LogP contribution in [0, 0.1) is 0 Å². The summed E-state index contributed by atoms with van der Waals surface area (Å²) in [7, 11) is 0. The van der Waals surface area contributed by atoms with Crippen molar-refractivity contribution in [2.24, 2.45) is 0 Å². The highest BCUT2D eigenvalue weighted by Crippen LogP contribution is 2.21. The molecular formula is C24H30O. The number of aliphatic hydroxyl groups excluding tert-OH is 1. The summed E-state index contributed by atoms with van der Waals surface area (Å²) < 4.78 is 0. The van der Waals surface area contributed by atoms with E-state index in [4.69, 9.17) is 0 Å². The van der Waals surface area contributed by atoms with Crippen molar-refractivity contribution in [3.63, 3.8) is 0 Å². The predicted octanol–water partition coefficient (Wildman–Crippen LogP) is 6.81. The van der Waals surface area contributed by atoms with Gasteiger partial charge in [0.15, 0.2) is 0 Å². The van der Waals surface area contributed by atoms with Gasteiger partial charge in [0.25, 0.3) is 0 Å². The number of allylic oxidation sites excluding steroid dienone is 2. The zero-order chi connectivity index (χ0) is 17.7. The van der Waals surface area contributed by atoms with Crippen LogP contribution in [0.1, 0.15) is 68.2 Å². The van der Waals surface area contributed by atoms with Gasteiger partial charge in [-0.3, -0.25) is 0 Å². The maximum atomic E-state index is 10.3. The molecule has 0 amide bonds. The van der Waals surface area contributed by atoms with Gasteiger partial charge in [-0.2, -0.15) is 0 Å². The Morgan fingerprint density at radius 1 is 0.760 bits per heavy atom. The minimum absolute atomic E-state index is 0.336. The molecule has 1 N–H and O–H groups in total. The van der Waals surface area contributed by atoms with Crippen LogP contribution in [-0.2, 0) is 0 Å². The Balaban J connectivity index is 1.78. The Morgan fingerprint density at radius 2 is 1.36 bits per heavy atom. The van der Waals surface area contributed by atoms with Crippen LogP contribution in [0.4, 0.5) is 0 Å². The Kier molecular flexibility index (Phi) is 8.79. The summed E-state index contributed by atoms with van der Waals surface area (Å²) in [5.74, 6) is 0. The second-order valence-corrected chi connectivity index (χ2v) is 6.51. The van der Waals surface area contributed by atoms with Crippen LogP contribution in [0.25, 0.3) is 12.2 Å². The van der Waals surface area contributed by atoms with Crippen molar-refractivity contribution in [3.8, 4) is 0 Å². The molecule has 0 aliphatic heterocycles. The molecule has 132 valence electrons. The van der Waals surface area contributed by atoms with E-state index in [1.54, 1.807) is 0 Å². The normalized spacial score (nSPS) is 12.9. The van der Waals surface area contributed by atoms with E-state index in [-0.39, 0.29) is 6.10 Å². The monoisotopic (exact) mass is 334 g/mol. The maximum absolute atomic E-state index is 10.3. The lowest BCUT2D eigenvalue weighted by atomic mass is 10.0. The summed E-state index contributed by atoms with van der Waals surface area (Å²) in [5.41, 5.74) is 3.37. The first-order valence-corrected chi connectivity index (χ1v) is 9.47. The highest BCUT2D eigenvalue weighted by molar-refractivity contribution is 5.57. The Morgan fingerprint density at radius 3 is 2.00 bits per heavy atom. The first-order valence-electron chi connectivity index (χ1n) is 9.47. The Labute approximate surface area is 152 Å². The minimum Gasteiger partial charge on any atom is -0.388 e. The van der Waals surface area contributed by atoms with Crippen LogP contribution >= 0.6 is 0 Å². The summed E-state index contributed by atoms with van der Waals surface area (Å²) in [6.07, 6.45) is 15.0. The smallest absolute Gasteiger partial charge is 0.0790 e. The number of aliphatic hydroxyl groups is 1. The molecule has 2 rings (SSSR count). The number of hydrogen-bond acceptors (Lipinski definition) is 1. The van der Waals surface area contributed by atoms with E-state index < -0.39 is 0 Å². The van der Waals surface area contributed by atoms with Crippen molar-refractivity contribution in [1.82, 2.24) is 0 Å². The van der Waals surface area contributed by atoms with E-state index in [1.807, 2.05) is 42.5 Å². The quantitative estimate of drug-likeness (QED) is 0.374. The Hall–Kier alpha value is -2.12. The highest BCUT2D eigenvalue weighted by atomic mass is 16.3. The van der Waals surface area contributed by atoms with Gasteiger partial charge in [-0.15, -0.1) is 0 Å². The van der Waals surface area contributed by atoms with Crippen LogP contribution in [-0.4, -0.2) is 5.11 Å². The van der Waals surface area contributed by atoms with E-state index in [9.17, 15) is 5.11 Å². The largest absolute Gasteiger partial charge is 0.388 e. The van der Waals surface area contributed by atoms with Gasteiger partial charge in [-0.25, -0.2) is 0 Å². The number of unbranched alkanes of at least 4 members (excludes halogenated alkanes) is 4. The van der Waals surface area contributed by atoms with Crippen molar-refractivity contribution in [3.05, 3.63) is 83.4 Å². The van der Waals surface area contributed by atoms with Crippen molar-refractivity contribution in [2.75, 3.05) is 0 Å². The third-order valence-electron chi connectivity index (χ3n) is 4.39. The molecule has 0 radical (unpaired) electrons. The van der Waals surface area contributed by atoms with Gasteiger partial charge in [0.2, 0.25) is 0 Å². The average Bonchev–Trinajstić information content (AvgIpc) is 2.66. The molecule has 1 unspecified atom stereocenters. The topological polar surface area (TPSA) is 20.2 Å². The molecule has 0 bridgehead atoms. The zero-order valence-corrected chi connectivity index (χ0v) is 15.3. The van der Waals surface area contributed by atoms with Crippen LogP contribution in [0.2, 0.25) is 0 Å². The lowest BCUT2D eigenvalue weighted by Gasteiger charge is -2.11. The lowest BCUT2D eigenvalue weighted by Crippen LogP contribution is -1.97. The summed E-state index contributed by atoms with van der Waals surface area (Å²) in [5, 5.41) is 10.3. The third kappa shape index (κ3) is 7.53. The number of benzene rings is 2. The molecule has 0 aliphatic carbocycles. The van der Waals surface area contributed by atoms with Crippen molar-refractivity contribution in [1.29, 1.82) is 0 Å². The van der Waals surface area contributed by atoms with E-state index >= 15 is 0 Å². The summed E-state index contributed by atoms with van der Waals surface area (Å²) in [6, 6.07) is 18.5. The van der Waals surface area contributed by atoms with Crippen LogP contribution in [0.15, 0.2) is 66.7 Å². The maximum Gasteiger partial charge on any atom is 0.0790 e. The van der Waals surface area contributed by atoms with Crippen LogP contribution in [0.3, 0.4) is 0 Å². The molecule has 0 saturated heterocycles. The van der Waals surface area contributed by atoms with Crippen LogP contribution in [0.5, 0.6) is 0 Å². The van der Waals surface area contributed by atoms with E-state index in [1.165, 1.54) is 31.2 Å². The fourth-order valence-corrected chi connectivity index (χ4v) is 2.83. The molecule has 1 heteroatoms. The predicted molar refractivity (Wildman–Crippen MR) is 109 cm³/mol. The summed E-state index contributed by atoms with van der Waals surface area (Å²) >= 11 is 0. The second kappa shape index (κ2) is 11.4. The molecule has 0 aliphatic rings. The molecule has 2 aromatic rings. The highest BCUT2D eigenvalue weighted by Gasteiger charge is 2.06. The van der Waals surface area contributed by atoms with Crippen LogP contribution < -0.4 is 0 Å². The molecule has 0 aromatic heterocycles. The average molecular weight is 335 g/mol. The standard InChI is InChI=1S/C24H30O/c1-2-3-4-5-9-16-24(25)23-19-17-22(18-20-23)15-11-10-14-21-12-7-6-8-13-21/h6-8,10-15,17-20,24-25H,2-5,9,16H2,1H3/b14-10+,15-11+. The van der Waals surface area contributed by atoms with E-state index in [0.29, 0.717) is 0 Å². The lowest BCUT2D eigenvalue weighted by molar-refractivity contribution is 0.163. The number of hydrogen-bond donors (Lipinski definition) is 1. The van der Waals surface area contributed by atoms with Gasteiger partial charge in [0.1, 0.15) is 0 Å². The van der Waals surface area contributed by atoms with Gasteiger partial charge in [0.05, 0.1) is 6.10 Å². The molecule has 0 saturated carbocycles. The van der Waals surface area contributed by atoms with Gasteiger partial charge in [-0.05, 0) is 23.1 Å². The Bertz CT molecular complexity index is 638. The summed E-state index contributed by atoms with van der Waals surface area (Å²) in [6.45, 7) is 2.22. The third-order valence-corrected chi connectivity index (χ3v) is 4.39. The molecular weight excluding hydrogens is 304 g/mol. The zero-order valence-electron chi connectivity index (χ0n) is 15.3. The second-order valence-electron chi connectivity index (χ2n) is 6.51. The first-order chi connectivity index (χ1) is 12.3. The molecule has 1 nitrogen and oxygen atoms in total. The molecule has 0 fully saturated rings. The van der Waals surface area contributed by atoms with Crippen molar-refractivity contribution in [2.45, 2.75) is 51.6 Å². The fraction of sp³-hybridized carbons (Fsp3) is 0.333. The molecule has 0 spiro atoms.